The van der Waals surface area contributed by atoms with Crippen LogP contribution in [-0.4, -0.2) is 64.6 Å². The molecule has 0 aliphatic carbocycles. The first-order valence-corrected chi connectivity index (χ1v) is 9.06. The van der Waals surface area contributed by atoms with Gasteiger partial charge in [-0.25, -0.2) is 16.8 Å². The van der Waals surface area contributed by atoms with Crippen LogP contribution in [0, 0.1) is 0 Å². The standard InChI is InChI=1S/C9H20N2O4S2/c1-9-8-16(12,13)7-5-11(9)17(14,15)6-3-4-10-2/h9-10H,3-8H2,1-2H3. The lowest BCUT2D eigenvalue weighted by Gasteiger charge is -2.32. The zero-order valence-electron chi connectivity index (χ0n) is 10.2. The Morgan fingerprint density at radius 3 is 2.59 bits per heavy atom. The molecule has 0 aromatic carbocycles. The molecule has 1 N–H and O–H groups in total. The molecule has 0 aromatic rings. The molecule has 6 nitrogen and oxygen atoms in total. The Morgan fingerprint density at radius 2 is 2.06 bits per heavy atom. The number of hydrogen-bond donors (Lipinski definition) is 1. The minimum atomic E-state index is -3.33. The van der Waals surface area contributed by atoms with Gasteiger partial charge in [0.1, 0.15) is 0 Å². The molecular weight excluding hydrogens is 264 g/mol. The Balaban J connectivity index is 2.67. The van der Waals surface area contributed by atoms with Crippen LogP contribution < -0.4 is 5.32 Å². The molecule has 1 aliphatic heterocycles. The first-order valence-electron chi connectivity index (χ1n) is 5.63. The van der Waals surface area contributed by atoms with Crippen LogP contribution >= 0.6 is 0 Å². The lowest BCUT2D eigenvalue weighted by atomic mass is 10.4. The second-order valence-electron chi connectivity index (χ2n) is 4.35. The Hall–Kier alpha value is -0.180. The van der Waals surface area contributed by atoms with Gasteiger partial charge in [-0.2, -0.15) is 4.31 Å². The van der Waals surface area contributed by atoms with Crippen molar-refractivity contribution >= 4 is 19.9 Å². The average molecular weight is 284 g/mol. The first kappa shape index (κ1) is 14.9. The highest BCUT2D eigenvalue weighted by Crippen LogP contribution is 2.16. The molecule has 1 aliphatic rings. The summed E-state index contributed by atoms with van der Waals surface area (Å²) >= 11 is 0. The molecule has 1 fully saturated rings. The van der Waals surface area contributed by atoms with Crippen LogP contribution in [0.25, 0.3) is 0 Å². The molecule has 0 spiro atoms. The van der Waals surface area contributed by atoms with Gasteiger partial charge in [-0.15, -0.1) is 0 Å². The normalized spacial score (nSPS) is 25.9. The maximum Gasteiger partial charge on any atom is 0.214 e. The summed E-state index contributed by atoms with van der Waals surface area (Å²) in [6, 6.07) is -0.451. The summed E-state index contributed by atoms with van der Waals surface area (Å²) in [7, 11) is -4.63. The van der Waals surface area contributed by atoms with E-state index in [0.29, 0.717) is 13.0 Å². The van der Waals surface area contributed by atoms with Gasteiger partial charge in [0.15, 0.2) is 9.84 Å². The van der Waals surface area contributed by atoms with E-state index >= 15 is 0 Å². The summed E-state index contributed by atoms with van der Waals surface area (Å²) in [5, 5.41) is 2.89. The molecule has 1 rings (SSSR count). The van der Waals surface area contributed by atoms with Crippen molar-refractivity contribution in [1.82, 2.24) is 9.62 Å². The highest BCUT2D eigenvalue weighted by molar-refractivity contribution is 7.92. The summed E-state index contributed by atoms with van der Waals surface area (Å²) in [6.45, 7) is 2.37. The fraction of sp³-hybridized carbons (Fsp3) is 1.00. The van der Waals surface area contributed by atoms with Crippen molar-refractivity contribution in [2.75, 3.05) is 37.4 Å². The van der Waals surface area contributed by atoms with Crippen LogP contribution in [0.2, 0.25) is 0 Å². The van der Waals surface area contributed by atoms with Crippen molar-refractivity contribution in [3.05, 3.63) is 0 Å². The molecule has 0 saturated carbocycles. The second kappa shape index (κ2) is 5.64. The third-order valence-corrected chi connectivity index (χ3v) is 6.65. The number of hydrogen-bond acceptors (Lipinski definition) is 5. The summed E-state index contributed by atoms with van der Waals surface area (Å²) in [5.74, 6) is -0.0704. The summed E-state index contributed by atoms with van der Waals surface area (Å²) in [4.78, 5) is 0. The van der Waals surface area contributed by atoms with Crippen molar-refractivity contribution in [3.63, 3.8) is 0 Å². The topological polar surface area (TPSA) is 83.6 Å². The number of rotatable bonds is 5. The van der Waals surface area contributed by atoms with E-state index in [1.807, 2.05) is 0 Å². The molecule has 1 unspecified atom stereocenters. The molecule has 1 atom stereocenters. The predicted molar refractivity (Wildman–Crippen MR) is 67.2 cm³/mol. The molecule has 0 aromatic heterocycles. The quantitative estimate of drug-likeness (QED) is 0.658. The van der Waals surface area contributed by atoms with Crippen LogP contribution in [0.3, 0.4) is 0 Å². The second-order valence-corrected chi connectivity index (χ2v) is 8.62. The first-order chi connectivity index (χ1) is 7.78. The highest BCUT2D eigenvalue weighted by Gasteiger charge is 2.34. The van der Waals surface area contributed by atoms with Gasteiger partial charge in [-0.3, -0.25) is 0 Å². The van der Waals surface area contributed by atoms with Crippen molar-refractivity contribution in [2.45, 2.75) is 19.4 Å². The third kappa shape index (κ3) is 4.20. The van der Waals surface area contributed by atoms with Crippen LogP contribution in [0.1, 0.15) is 13.3 Å². The van der Waals surface area contributed by atoms with Gasteiger partial charge in [0.05, 0.1) is 17.3 Å². The van der Waals surface area contributed by atoms with Crippen LogP contribution in [0.5, 0.6) is 0 Å². The van der Waals surface area contributed by atoms with E-state index in [1.54, 1.807) is 14.0 Å². The van der Waals surface area contributed by atoms with Gasteiger partial charge in [0, 0.05) is 12.6 Å². The predicted octanol–water partition coefficient (Wildman–Crippen LogP) is -0.955. The van der Waals surface area contributed by atoms with Gasteiger partial charge in [-0.05, 0) is 26.9 Å². The fourth-order valence-electron chi connectivity index (χ4n) is 1.95. The van der Waals surface area contributed by atoms with Gasteiger partial charge in [0.25, 0.3) is 0 Å². The lowest BCUT2D eigenvalue weighted by Crippen LogP contribution is -2.50. The molecule has 0 amide bonds. The van der Waals surface area contributed by atoms with Gasteiger partial charge in [0.2, 0.25) is 10.0 Å². The van der Waals surface area contributed by atoms with E-state index in [2.05, 4.69) is 5.32 Å². The maximum absolute atomic E-state index is 12.0. The molecule has 102 valence electrons. The maximum atomic E-state index is 12.0. The van der Waals surface area contributed by atoms with Crippen LogP contribution in [0.15, 0.2) is 0 Å². The van der Waals surface area contributed by atoms with Gasteiger partial charge in [-0.1, -0.05) is 0 Å². The van der Waals surface area contributed by atoms with E-state index in [-0.39, 0.29) is 23.8 Å². The fourth-order valence-corrected chi connectivity index (χ4v) is 5.45. The van der Waals surface area contributed by atoms with Crippen molar-refractivity contribution in [2.24, 2.45) is 0 Å². The summed E-state index contributed by atoms with van der Waals surface area (Å²) < 4.78 is 48.0. The molecular formula is C9H20N2O4S2. The Kier molecular flexibility index (Phi) is 4.94. The molecule has 1 saturated heterocycles. The van der Waals surface area contributed by atoms with Crippen molar-refractivity contribution < 1.29 is 16.8 Å². The van der Waals surface area contributed by atoms with E-state index < -0.39 is 25.9 Å². The molecule has 8 heteroatoms. The number of sulfone groups is 1. The number of nitrogens with zero attached hydrogens (tertiary/aromatic N) is 1. The summed E-state index contributed by atoms with van der Waals surface area (Å²) in [5.41, 5.74) is 0. The van der Waals surface area contributed by atoms with Crippen LogP contribution in [0.4, 0.5) is 0 Å². The zero-order valence-corrected chi connectivity index (χ0v) is 11.8. The molecule has 0 radical (unpaired) electrons. The highest BCUT2D eigenvalue weighted by atomic mass is 32.2. The zero-order chi connectivity index (χ0) is 13.1. The molecule has 0 bridgehead atoms. The van der Waals surface area contributed by atoms with Crippen molar-refractivity contribution in [1.29, 1.82) is 0 Å². The van der Waals surface area contributed by atoms with E-state index in [1.165, 1.54) is 4.31 Å². The van der Waals surface area contributed by atoms with Gasteiger partial charge < -0.3 is 5.32 Å². The Morgan fingerprint density at radius 1 is 1.41 bits per heavy atom. The molecule has 1 heterocycles. The van der Waals surface area contributed by atoms with E-state index in [9.17, 15) is 16.8 Å². The SMILES string of the molecule is CNCCCS(=O)(=O)N1CCS(=O)(=O)CC1C. The van der Waals surface area contributed by atoms with E-state index in [4.69, 9.17) is 0 Å². The third-order valence-electron chi connectivity index (χ3n) is 2.80. The Labute approximate surface area is 103 Å². The lowest BCUT2D eigenvalue weighted by molar-refractivity contribution is 0.356. The smallest absolute Gasteiger partial charge is 0.214 e. The minimum Gasteiger partial charge on any atom is -0.320 e. The Bertz CT molecular complexity index is 444. The number of nitrogens with one attached hydrogen (secondary N) is 1. The van der Waals surface area contributed by atoms with Gasteiger partial charge >= 0.3 is 0 Å². The largest absolute Gasteiger partial charge is 0.320 e. The summed E-state index contributed by atoms with van der Waals surface area (Å²) in [6.07, 6.45) is 0.537. The molecule has 17 heavy (non-hydrogen) atoms. The van der Waals surface area contributed by atoms with Crippen molar-refractivity contribution in [3.8, 4) is 0 Å². The monoisotopic (exact) mass is 284 g/mol. The minimum absolute atomic E-state index is 0.0669. The average Bonchev–Trinajstić information content (AvgIpc) is 2.15. The van der Waals surface area contributed by atoms with Crippen LogP contribution in [-0.2, 0) is 19.9 Å². The number of sulfonamides is 1. The van der Waals surface area contributed by atoms with E-state index in [0.717, 1.165) is 0 Å².